The van der Waals surface area contributed by atoms with Crippen molar-refractivity contribution in [3.8, 4) is 29.0 Å². The third-order valence-corrected chi connectivity index (χ3v) is 5.23. The molecule has 1 aromatic heterocycles. The molecule has 7 nitrogen and oxygen atoms in total. The molecular weight excluding hydrogens is 491 g/mol. The van der Waals surface area contributed by atoms with E-state index in [0.29, 0.717) is 32.9 Å². The Bertz CT molecular complexity index is 1380. The number of esters is 1. The lowest BCUT2D eigenvalue weighted by molar-refractivity contribution is -0.133. The van der Waals surface area contributed by atoms with Crippen LogP contribution in [0.1, 0.15) is 5.56 Å². The maximum absolute atomic E-state index is 12.6. The Hall–Kier alpha value is -4.07. The third-order valence-electron chi connectivity index (χ3n) is 4.61. The van der Waals surface area contributed by atoms with Crippen molar-refractivity contribution in [2.75, 3.05) is 7.11 Å². The van der Waals surface area contributed by atoms with Crippen LogP contribution >= 0.6 is 23.2 Å². The highest BCUT2D eigenvalue weighted by Gasteiger charge is 2.19. The molecule has 0 spiro atoms. The number of hydrogen-bond donors (Lipinski definition) is 0. The van der Waals surface area contributed by atoms with Gasteiger partial charge in [0.15, 0.2) is 0 Å². The lowest BCUT2D eigenvalue weighted by Crippen LogP contribution is -2.07. The first-order valence-corrected chi connectivity index (χ1v) is 11.0. The number of para-hydroxylation sites is 3. The van der Waals surface area contributed by atoms with E-state index in [1.54, 1.807) is 72.8 Å². The fraction of sp³-hybridized carbons (Fsp3) is 0.0385. The molecule has 0 saturated carbocycles. The molecule has 0 aliphatic carbocycles. The zero-order valence-corrected chi connectivity index (χ0v) is 19.9. The smallest absolute Gasteiger partial charge is 0.341 e. The Balaban J connectivity index is 1.63. The molecule has 0 unspecified atom stereocenters. The van der Waals surface area contributed by atoms with Crippen LogP contribution in [0.3, 0.4) is 0 Å². The molecule has 0 atom stereocenters. The number of nitrogens with zero attached hydrogens (tertiary/aromatic N) is 2. The maximum Gasteiger partial charge on any atom is 0.341 e. The van der Waals surface area contributed by atoms with Crippen LogP contribution in [0.2, 0.25) is 10.0 Å². The highest BCUT2D eigenvalue weighted by Crippen LogP contribution is 2.33. The number of carbonyl (C=O) groups excluding carboxylic acids is 1. The Morgan fingerprint density at radius 2 is 1.31 bits per heavy atom. The maximum atomic E-state index is 12.6. The van der Waals surface area contributed by atoms with Crippen molar-refractivity contribution in [2.45, 2.75) is 0 Å². The minimum atomic E-state index is -0.626. The van der Waals surface area contributed by atoms with E-state index in [-0.39, 0.29) is 17.3 Å². The van der Waals surface area contributed by atoms with Gasteiger partial charge in [0.2, 0.25) is 11.8 Å². The van der Waals surface area contributed by atoms with Gasteiger partial charge in [0.05, 0.1) is 23.2 Å². The zero-order chi connectivity index (χ0) is 24.6. The second kappa shape index (κ2) is 11.4. The first-order chi connectivity index (χ1) is 17.0. The van der Waals surface area contributed by atoms with Crippen molar-refractivity contribution in [2.24, 2.45) is 0 Å². The van der Waals surface area contributed by atoms with E-state index in [2.05, 4.69) is 9.97 Å². The van der Waals surface area contributed by atoms with Crippen molar-refractivity contribution >= 4 is 34.7 Å². The van der Waals surface area contributed by atoms with Gasteiger partial charge in [-0.3, -0.25) is 0 Å². The fourth-order valence-electron chi connectivity index (χ4n) is 2.96. The summed E-state index contributed by atoms with van der Waals surface area (Å²) in [7, 11) is 1.28. The van der Waals surface area contributed by atoms with E-state index < -0.39 is 5.97 Å². The molecule has 0 amide bonds. The Kier molecular flexibility index (Phi) is 7.82. The predicted molar refractivity (Wildman–Crippen MR) is 132 cm³/mol. The van der Waals surface area contributed by atoms with Crippen molar-refractivity contribution in [3.63, 3.8) is 0 Å². The monoisotopic (exact) mass is 508 g/mol. The van der Waals surface area contributed by atoms with E-state index >= 15 is 0 Å². The first kappa shape index (κ1) is 24.1. The van der Waals surface area contributed by atoms with Crippen LogP contribution < -0.4 is 14.2 Å². The summed E-state index contributed by atoms with van der Waals surface area (Å²) in [5.41, 5.74) is 0.531. The largest absolute Gasteiger partial charge is 0.465 e. The highest BCUT2D eigenvalue weighted by molar-refractivity contribution is 6.32. The number of methoxy groups -OCH3 is 1. The molecule has 1 heterocycles. The van der Waals surface area contributed by atoms with Gasteiger partial charge in [-0.1, -0.05) is 65.7 Å². The number of ether oxygens (including phenoxy) is 4. The number of carbonyl (C=O) groups is 1. The van der Waals surface area contributed by atoms with Crippen LogP contribution in [0.25, 0.3) is 5.57 Å². The van der Waals surface area contributed by atoms with Gasteiger partial charge in [0, 0.05) is 5.56 Å². The van der Waals surface area contributed by atoms with Crippen molar-refractivity contribution in [3.05, 3.63) is 107 Å². The van der Waals surface area contributed by atoms with Gasteiger partial charge in [0.25, 0.3) is 0 Å². The third kappa shape index (κ3) is 6.09. The molecular formula is C26H18Cl2N2O5. The minimum absolute atomic E-state index is 0.115. The molecule has 4 rings (SSSR count). The molecule has 4 aromatic rings. The SMILES string of the molecule is COC(=O)C(=COc1ccccc1Cl)c1ccccc1Oc1cc(Oc2ccccc2Cl)ncn1. The number of aromatic nitrogens is 2. The lowest BCUT2D eigenvalue weighted by Gasteiger charge is -2.13. The van der Waals surface area contributed by atoms with Crippen molar-refractivity contribution in [1.29, 1.82) is 0 Å². The first-order valence-electron chi connectivity index (χ1n) is 10.3. The molecule has 0 saturated heterocycles. The number of benzene rings is 3. The molecule has 0 N–H and O–H groups in total. The summed E-state index contributed by atoms with van der Waals surface area (Å²) < 4.78 is 22.3. The van der Waals surface area contributed by atoms with Crippen LogP contribution in [0.5, 0.6) is 29.0 Å². The van der Waals surface area contributed by atoms with Crippen LogP contribution in [-0.2, 0) is 9.53 Å². The lowest BCUT2D eigenvalue weighted by atomic mass is 10.1. The average molecular weight is 509 g/mol. The molecule has 0 aliphatic rings. The quantitative estimate of drug-likeness (QED) is 0.144. The molecule has 0 bridgehead atoms. The summed E-state index contributed by atoms with van der Waals surface area (Å²) in [6.07, 6.45) is 2.56. The van der Waals surface area contributed by atoms with Gasteiger partial charge in [-0.25, -0.2) is 14.8 Å². The topological polar surface area (TPSA) is 79.8 Å². The Morgan fingerprint density at radius 1 is 0.771 bits per heavy atom. The van der Waals surface area contributed by atoms with Gasteiger partial charge >= 0.3 is 5.97 Å². The normalized spacial score (nSPS) is 11.0. The van der Waals surface area contributed by atoms with Crippen LogP contribution in [0.4, 0.5) is 0 Å². The summed E-state index contributed by atoms with van der Waals surface area (Å²) >= 11 is 12.3. The van der Waals surface area contributed by atoms with E-state index in [9.17, 15) is 4.79 Å². The van der Waals surface area contributed by atoms with Gasteiger partial charge in [0.1, 0.15) is 35.4 Å². The Morgan fingerprint density at radius 3 is 1.94 bits per heavy atom. The van der Waals surface area contributed by atoms with Crippen LogP contribution in [0.15, 0.2) is 91.5 Å². The van der Waals surface area contributed by atoms with Crippen molar-refractivity contribution < 1.29 is 23.7 Å². The molecule has 0 fully saturated rings. The van der Waals surface area contributed by atoms with E-state index in [1.165, 1.54) is 25.8 Å². The predicted octanol–water partition coefficient (Wildman–Crippen LogP) is 6.96. The summed E-state index contributed by atoms with van der Waals surface area (Å²) in [5.74, 6) is 0.933. The summed E-state index contributed by atoms with van der Waals surface area (Å²) in [6.45, 7) is 0. The molecule has 0 radical (unpaired) electrons. The molecule has 176 valence electrons. The average Bonchev–Trinajstić information content (AvgIpc) is 2.87. The number of halogens is 2. The van der Waals surface area contributed by atoms with Gasteiger partial charge in [-0.2, -0.15) is 0 Å². The number of rotatable bonds is 8. The molecule has 0 aliphatic heterocycles. The molecule has 35 heavy (non-hydrogen) atoms. The van der Waals surface area contributed by atoms with Gasteiger partial charge in [-0.15, -0.1) is 0 Å². The fourth-order valence-corrected chi connectivity index (χ4v) is 3.31. The van der Waals surface area contributed by atoms with Crippen LogP contribution in [0, 0.1) is 0 Å². The molecule has 9 heteroatoms. The zero-order valence-electron chi connectivity index (χ0n) is 18.4. The highest BCUT2D eigenvalue weighted by atomic mass is 35.5. The van der Waals surface area contributed by atoms with E-state index in [1.807, 2.05) is 0 Å². The Labute approximate surface area is 211 Å². The molecule has 3 aromatic carbocycles. The van der Waals surface area contributed by atoms with Crippen LogP contribution in [-0.4, -0.2) is 23.0 Å². The summed E-state index contributed by atoms with van der Waals surface area (Å²) in [4.78, 5) is 20.8. The summed E-state index contributed by atoms with van der Waals surface area (Å²) in [5, 5.41) is 0.829. The van der Waals surface area contributed by atoms with Gasteiger partial charge < -0.3 is 18.9 Å². The van der Waals surface area contributed by atoms with E-state index in [4.69, 9.17) is 42.1 Å². The second-order valence-corrected chi connectivity index (χ2v) is 7.71. The summed E-state index contributed by atoms with van der Waals surface area (Å²) in [6, 6.07) is 22.3. The number of hydrogen-bond acceptors (Lipinski definition) is 7. The van der Waals surface area contributed by atoms with E-state index in [0.717, 1.165) is 0 Å². The second-order valence-electron chi connectivity index (χ2n) is 6.90. The standard InChI is InChI=1S/C26H18Cl2N2O5/c1-32-26(31)18(15-33-22-12-6-3-9-19(22)27)17-8-2-5-11-21(17)34-24-14-25(30-16-29-24)35-23-13-7-4-10-20(23)28/h2-16H,1H3. The van der Waals surface area contributed by atoms with Gasteiger partial charge in [-0.05, 0) is 30.3 Å². The van der Waals surface area contributed by atoms with Crippen molar-refractivity contribution in [1.82, 2.24) is 9.97 Å². The minimum Gasteiger partial charge on any atom is -0.465 e.